The molecule has 0 atom stereocenters. The predicted molar refractivity (Wildman–Crippen MR) is 139 cm³/mol. The van der Waals surface area contributed by atoms with E-state index in [-0.39, 0.29) is 26.9 Å². The van der Waals surface area contributed by atoms with Crippen molar-refractivity contribution in [1.29, 1.82) is 0 Å². The van der Waals surface area contributed by atoms with Gasteiger partial charge in [0, 0.05) is 26.3 Å². The molecule has 10 nitrogen and oxygen atoms in total. The third-order valence-corrected chi connectivity index (χ3v) is 7.00. The van der Waals surface area contributed by atoms with Crippen molar-refractivity contribution in [3.63, 3.8) is 0 Å². The Bertz CT molecular complexity index is 1360. The van der Waals surface area contributed by atoms with Gasteiger partial charge >= 0.3 is 12.1 Å². The van der Waals surface area contributed by atoms with Gasteiger partial charge in [0.15, 0.2) is 11.6 Å². The van der Waals surface area contributed by atoms with Crippen molar-refractivity contribution in [1.82, 2.24) is 19.9 Å². The molecule has 12 heteroatoms. The van der Waals surface area contributed by atoms with Crippen LogP contribution in [0.4, 0.5) is 32.6 Å². The van der Waals surface area contributed by atoms with E-state index in [1.165, 1.54) is 24.0 Å². The molecule has 2 aliphatic heterocycles. The second-order valence-electron chi connectivity index (χ2n) is 6.79. The number of hydrogen-bond acceptors (Lipinski definition) is 8. The Balaban J connectivity index is 0.000000219. The first-order chi connectivity index (χ1) is 16.0. The summed E-state index contributed by atoms with van der Waals surface area (Å²) in [7, 11) is 0. The molecule has 0 aromatic carbocycles. The number of carbonyl (C=O) groups excluding carboxylic acids is 2. The lowest BCUT2D eigenvalue weighted by atomic mass is 10.2. The molecule has 0 unspecified atom stereocenters. The zero-order valence-electron chi connectivity index (χ0n) is 19.0. The van der Waals surface area contributed by atoms with Gasteiger partial charge < -0.3 is 10.6 Å². The van der Waals surface area contributed by atoms with Gasteiger partial charge in [0.2, 0.25) is 0 Å². The smallest absolute Gasteiger partial charge is 0.306 e. The molecule has 4 amide bonds. The highest BCUT2D eigenvalue weighted by Gasteiger charge is 2.29. The number of amides is 4. The van der Waals surface area contributed by atoms with Crippen LogP contribution in [0.25, 0.3) is 20.4 Å². The van der Waals surface area contributed by atoms with E-state index in [2.05, 4.69) is 30.6 Å². The highest BCUT2D eigenvalue weighted by atomic mass is 32.1. The monoisotopic (exact) mass is 490 g/mol. The SMILES string of the molecule is C.C.CCN1C(=O)Nc2c(C)sc3ncnc1c23.CCN1C(=O)Nc2csc3ncnc1c23.[2H][2H]. The van der Waals surface area contributed by atoms with Crippen LogP contribution in [0.1, 0.15) is 36.5 Å². The van der Waals surface area contributed by atoms with Crippen LogP contribution in [0.15, 0.2) is 18.0 Å². The van der Waals surface area contributed by atoms with Crippen molar-refractivity contribution in [2.24, 2.45) is 0 Å². The lowest BCUT2D eigenvalue weighted by Gasteiger charge is -2.25. The van der Waals surface area contributed by atoms with E-state index in [9.17, 15) is 9.59 Å². The van der Waals surface area contributed by atoms with Crippen molar-refractivity contribution in [2.75, 3.05) is 33.5 Å². The number of hydrogen-bond donors (Lipinski definition) is 2. The van der Waals surface area contributed by atoms with Gasteiger partial charge in [-0.25, -0.2) is 29.5 Å². The highest BCUT2D eigenvalue weighted by molar-refractivity contribution is 7.19. The first-order valence-electron chi connectivity index (χ1n) is 10.7. The third kappa shape index (κ3) is 3.74. The van der Waals surface area contributed by atoms with Crippen LogP contribution in [-0.4, -0.2) is 45.1 Å². The van der Waals surface area contributed by atoms with Crippen LogP contribution in [0.5, 0.6) is 0 Å². The Labute approximate surface area is 202 Å². The van der Waals surface area contributed by atoms with Gasteiger partial charge in [0.25, 0.3) is 0 Å². The highest BCUT2D eigenvalue weighted by Crippen LogP contribution is 2.41. The summed E-state index contributed by atoms with van der Waals surface area (Å²) < 4.78 is 10.0. The first-order valence-corrected chi connectivity index (χ1v) is 11.4. The number of aromatic nitrogens is 4. The van der Waals surface area contributed by atoms with E-state index in [4.69, 9.17) is 2.97 Å². The molecule has 0 spiro atoms. The van der Waals surface area contributed by atoms with E-state index in [0.717, 1.165) is 42.5 Å². The maximum absolute atomic E-state index is 11.8. The molecule has 0 saturated carbocycles. The van der Waals surface area contributed by atoms with Crippen LogP contribution in [-0.2, 0) is 0 Å². The number of urea groups is 2. The normalized spacial score (nSPS) is 13.8. The number of rotatable bonds is 2. The van der Waals surface area contributed by atoms with Crippen LogP contribution >= 0.6 is 22.7 Å². The van der Waals surface area contributed by atoms with Gasteiger partial charge in [0.05, 0.1) is 22.1 Å². The molecule has 6 rings (SSSR count). The first kappa shape index (κ1) is 22.8. The minimum atomic E-state index is -0.122. The van der Waals surface area contributed by atoms with E-state index < -0.39 is 0 Å². The number of nitrogens with one attached hydrogen (secondary N) is 2. The number of thiophene rings is 2. The second kappa shape index (κ2) is 9.24. The zero-order valence-corrected chi connectivity index (χ0v) is 18.6. The molecule has 0 aliphatic carbocycles. The van der Waals surface area contributed by atoms with Crippen LogP contribution in [0, 0.1) is 6.92 Å². The Morgan fingerprint density at radius 2 is 1.48 bits per heavy atom. The summed E-state index contributed by atoms with van der Waals surface area (Å²) in [5.41, 5.74) is 1.69. The Hall–Kier alpha value is -3.38. The number of aryl methyl sites for hydroxylation is 1. The Morgan fingerprint density at radius 3 is 2.12 bits per heavy atom. The van der Waals surface area contributed by atoms with Gasteiger partial charge in [-0.15, -0.1) is 22.7 Å². The average Bonchev–Trinajstić information content (AvgIpc) is 3.38. The maximum atomic E-state index is 11.8. The van der Waals surface area contributed by atoms with E-state index in [1.54, 1.807) is 21.1 Å². The van der Waals surface area contributed by atoms with Crippen molar-refractivity contribution >= 4 is 78.2 Å². The van der Waals surface area contributed by atoms with Crippen LogP contribution < -0.4 is 20.4 Å². The molecule has 6 heterocycles. The summed E-state index contributed by atoms with van der Waals surface area (Å²) in [5, 5.41) is 9.52. The molecule has 176 valence electrons. The Morgan fingerprint density at radius 1 is 0.909 bits per heavy atom. The fraction of sp³-hybridized carbons (Fsp3) is 0.333. The average molecular weight is 491 g/mol. The molecule has 2 aliphatic rings. The van der Waals surface area contributed by atoms with Gasteiger partial charge in [-0.2, -0.15) is 0 Å². The lowest BCUT2D eigenvalue weighted by molar-refractivity contribution is 0.256. The second-order valence-corrected chi connectivity index (χ2v) is 8.85. The Kier molecular flexibility index (Phi) is 6.38. The number of carbonyl (C=O) groups is 2. The maximum Gasteiger partial charge on any atom is 0.327 e. The molecule has 33 heavy (non-hydrogen) atoms. The minimum absolute atomic E-state index is 0. The summed E-state index contributed by atoms with van der Waals surface area (Å²) in [5.74, 6) is 1.43. The minimum Gasteiger partial charge on any atom is -0.306 e. The number of anilines is 4. The fourth-order valence-corrected chi connectivity index (χ4v) is 5.45. The lowest BCUT2D eigenvalue weighted by Crippen LogP contribution is -2.38. The molecular formula is C21H28N8O2S2. The van der Waals surface area contributed by atoms with Crippen molar-refractivity contribution in [3.05, 3.63) is 22.9 Å². The molecule has 4 aromatic rings. The van der Waals surface area contributed by atoms with Crippen LogP contribution in [0.3, 0.4) is 0 Å². The van der Waals surface area contributed by atoms with E-state index in [1.807, 2.05) is 26.2 Å². The predicted octanol–water partition coefficient (Wildman–Crippen LogP) is 5.95. The molecule has 4 aromatic heterocycles. The summed E-state index contributed by atoms with van der Waals surface area (Å²) in [6.45, 7) is 7.04. The molecular weight excluding hydrogens is 460 g/mol. The summed E-state index contributed by atoms with van der Waals surface area (Å²) in [4.78, 5) is 46.5. The quantitative estimate of drug-likeness (QED) is 0.358. The van der Waals surface area contributed by atoms with Crippen molar-refractivity contribution in [2.45, 2.75) is 35.6 Å². The third-order valence-electron chi connectivity index (χ3n) is 5.10. The summed E-state index contributed by atoms with van der Waals surface area (Å²) in [6.07, 6.45) is 3.01. The summed E-state index contributed by atoms with van der Waals surface area (Å²) >= 11 is 3.09. The van der Waals surface area contributed by atoms with Gasteiger partial charge in [-0.3, -0.25) is 9.80 Å². The van der Waals surface area contributed by atoms with Crippen molar-refractivity contribution in [3.8, 4) is 0 Å². The standard InChI is InChI=1S/C10H10N4OS.C9H8N4OS.2CH4.H2/c1-3-14-8-6-7(13-10(14)15)5(2)16-9(6)12-4-11-8;1-2-13-7-6-5(12-9(13)14)3-15-8(6)11-4-10-7;;;/h4H,3H2,1-2H3,(H,13,15);3-4H,2H2,1H3,(H,12,14);2*1H4;1H/i;;;;1+1D. The van der Waals surface area contributed by atoms with Gasteiger partial charge in [0.1, 0.15) is 22.3 Å². The fourth-order valence-electron chi connectivity index (χ4n) is 3.68. The molecule has 0 bridgehead atoms. The largest absolute Gasteiger partial charge is 0.327 e. The van der Waals surface area contributed by atoms with Gasteiger partial charge in [-0.05, 0) is 20.8 Å². The zero-order chi connectivity index (χ0) is 23.7. The summed E-state index contributed by atoms with van der Waals surface area (Å²) in [6, 6.07) is -0.236. The van der Waals surface area contributed by atoms with E-state index in [0.29, 0.717) is 18.9 Å². The molecule has 0 fully saturated rings. The molecule has 0 radical (unpaired) electrons. The van der Waals surface area contributed by atoms with Gasteiger partial charge in [-0.1, -0.05) is 14.9 Å². The number of nitrogens with zero attached hydrogens (tertiary/aromatic N) is 6. The molecule has 2 N–H and O–H groups in total. The van der Waals surface area contributed by atoms with Crippen LogP contribution in [0.2, 0.25) is 0 Å². The van der Waals surface area contributed by atoms with E-state index >= 15 is 0 Å². The van der Waals surface area contributed by atoms with Crippen molar-refractivity contribution < 1.29 is 12.6 Å². The topological polar surface area (TPSA) is 116 Å². The molecule has 0 saturated heterocycles.